The SMILES string of the molecule is CC(C)(C)CCCOc1ccc2ncc(-c3cc4ccccc4o3)n2n1. The number of fused-ring (bicyclic) bond motifs is 2. The van der Waals surface area contributed by atoms with Crippen molar-refractivity contribution in [3.63, 3.8) is 0 Å². The molecule has 5 nitrogen and oxygen atoms in total. The highest BCUT2D eigenvalue weighted by Gasteiger charge is 2.13. The van der Waals surface area contributed by atoms with Crippen LogP contribution < -0.4 is 4.74 Å². The molecule has 0 N–H and O–H groups in total. The number of imidazole rings is 1. The molecule has 4 rings (SSSR count). The molecule has 134 valence electrons. The fourth-order valence-corrected chi connectivity index (χ4v) is 2.99. The molecule has 0 aliphatic carbocycles. The van der Waals surface area contributed by atoms with Gasteiger partial charge in [-0.1, -0.05) is 39.0 Å². The van der Waals surface area contributed by atoms with Gasteiger partial charge in [-0.25, -0.2) is 9.50 Å². The lowest BCUT2D eigenvalue weighted by Crippen LogP contribution is -2.09. The van der Waals surface area contributed by atoms with E-state index in [1.165, 1.54) is 0 Å². The topological polar surface area (TPSA) is 52.6 Å². The average Bonchev–Trinajstić information content (AvgIpc) is 3.21. The van der Waals surface area contributed by atoms with Gasteiger partial charge in [0.1, 0.15) is 11.3 Å². The lowest BCUT2D eigenvalue weighted by molar-refractivity contribution is 0.259. The summed E-state index contributed by atoms with van der Waals surface area (Å²) in [6.07, 6.45) is 3.90. The van der Waals surface area contributed by atoms with Crippen molar-refractivity contribution in [1.82, 2.24) is 14.6 Å². The number of nitrogens with zero attached hydrogens (tertiary/aromatic N) is 3. The molecule has 4 aromatic rings. The zero-order chi connectivity index (χ0) is 18.1. The maximum Gasteiger partial charge on any atom is 0.231 e. The Morgan fingerprint density at radius 1 is 1.12 bits per heavy atom. The van der Waals surface area contributed by atoms with Crippen molar-refractivity contribution in [3.05, 3.63) is 48.7 Å². The van der Waals surface area contributed by atoms with E-state index in [0.29, 0.717) is 17.9 Å². The van der Waals surface area contributed by atoms with Crippen LogP contribution in [0.3, 0.4) is 0 Å². The molecule has 0 radical (unpaired) electrons. The first-order valence-electron chi connectivity index (χ1n) is 8.96. The van der Waals surface area contributed by atoms with Gasteiger partial charge in [-0.2, -0.15) is 0 Å². The first-order valence-corrected chi connectivity index (χ1v) is 8.96. The second kappa shape index (κ2) is 6.48. The van der Waals surface area contributed by atoms with Crippen molar-refractivity contribution in [2.24, 2.45) is 5.41 Å². The van der Waals surface area contributed by atoms with Gasteiger partial charge in [-0.15, -0.1) is 5.10 Å². The second-order valence-corrected chi connectivity index (χ2v) is 7.75. The Morgan fingerprint density at radius 2 is 1.96 bits per heavy atom. The third-order valence-corrected chi connectivity index (χ3v) is 4.34. The van der Waals surface area contributed by atoms with Crippen LogP contribution >= 0.6 is 0 Å². The Morgan fingerprint density at radius 3 is 2.77 bits per heavy atom. The molecule has 0 fully saturated rings. The molecule has 3 aromatic heterocycles. The Bertz CT molecular complexity index is 1010. The molecular weight excluding hydrogens is 326 g/mol. The van der Waals surface area contributed by atoms with Crippen LogP contribution in [0.2, 0.25) is 0 Å². The van der Waals surface area contributed by atoms with Crippen LogP contribution in [0.25, 0.3) is 28.1 Å². The molecule has 1 aromatic carbocycles. The summed E-state index contributed by atoms with van der Waals surface area (Å²) in [6, 6.07) is 13.7. The summed E-state index contributed by atoms with van der Waals surface area (Å²) in [5.74, 6) is 1.35. The number of hydrogen-bond donors (Lipinski definition) is 0. The summed E-state index contributed by atoms with van der Waals surface area (Å²) in [5, 5.41) is 5.65. The molecule has 0 aliphatic heterocycles. The third-order valence-electron chi connectivity index (χ3n) is 4.34. The molecule has 3 heterocycles. The molecule has 0 unspecified atom stereocenters. The van der Waals surface area contributed by atoms with Gasteiger partial charge >= 0.3 is 0 Å². The lowest BCUT2D eigenvalue weighted by Gasteiger charge is -2.17. The first kappa shape index (κ1) is 16.6. The van der Waals surface area contributed by atoms with E-state index in [1.807, 2.05) is 42.5 Å². The van der Waals surface area contributed by atoms with Gasteiger partial charge in [0.05, 0.1) is 12.8 Å². The van der Waals surface area contributed by atoms with Crippen molar-refractivity contribution in [2.75, 3.05) is 6.61 Å². The van der Waals surface area contributed by atoms with E-state index in [0.717, 1.165) is 40.9 Å². The van der Waals surface area contributed by atoms with Gasteiger partial charge < -0.3 is 9.15 Å². The molecule has 5 heteroatoms. The van der Waals surface area contributed by atoms with Crippen LogP contribution in [-0.4, -0.2) is 21.2 Å². The maximum absolute atomic E-state index is 5.95. The molecule has 0 atom stereocenters. The number of furan rings is 1. The molecule has 0 spiro atoms. The summed E-state index contributed by atoms with van der Waals surface area (Å²) >= 11 is 0. The summed E-state index contributed by atoms with van der Waals surface area (Å²) in [6.45, 7) is 7.37. The van der Waals surface area contributed by atoms with Gasteiger partial charge in [-0.3, -0.25) is 0 Å². The Balaban J connectivity index is 1.58. The highest BCUT2D eigenvalue weighted by molar-refractivity contribution is 5.82. The van der Waals surface area contributed by atoms with Gasteiger partial charge in [0, 0.05) is 11.5 Å². The van der Waals surface area contributed by atoms with Crippen molar-refractivity contribution in [3.8, 4) is 17.3 Å². The summed E-state index contributed by atoms with van der Waals surface area (Å²) < 4.78 is 13.6. The van der Waals surface area contributed by atoms with Crippen LogP contribution in [0.15, 0.2) is 53.1 Å². The zero-order valence-corrected chi connectivity index (χ0v) is 15.4. The fraction of sp³-hybridized carbons (Fsp3) is 0.333. The molecule has 0 saturated heterocycles. The molecule has 26 heavy (non-hydrogen) atoms. The third kappa shape index (κ3) is 3.43. The predicted octanol–water partition coefficient (Wildman–Crippen LogP) is 5.35. The fourth-order valence-electron chi connectivity index (χ4n) is 2.99. The summed E-state index contributed by atoms with van der Waals surface area (Å²) in [5.41, 5.74) is 2.75. The minimum Gasteiger partial charge on any atom is -0.477 e. The monoisotopic (exact) mass is 349 g/mol. The van der Waals surface area contributed by atoms with Crippen LogP contribution in [0.5, 0.6) is 5.88 Å². The quantitative estimate of drug-likeness (QED) is 0.456. The number of aromatic nitrogens is 3. The highest BCUT2D eigenvalue weighted by Crippen LogP contribution is 2.28. The molecule has 0 bridgehead atoms. The van der Waals surface area contributed by atoms with Gasteiger partial charge in [0.25, 0.3) is 0 Å². The van der Waals surface area contributed by atoms with Crippen molar-refractivity contribution in [1.29, 1.82) is 0 Å². The van der Waals surface area contributed by atoms with Crippen LogP contribution in [0, 0.1) is 5.41 Å². The Kier molecular flexibility index (Phi) is 4.15. The standard InChI is InChI=1S/C21H23N3O2/c1-21(2,3)11-6-12-25-20-10-9-19-22-14-16(24(19)23-20)18-13-15-7-4-5-8-17(15)26-18/h4-5,7-10,13-14H,6,11-12H2,1-3H3. The number of ether oxygens (including phenoxy) is 1. The molecule has 0 aliphatic rings. The van der Waals surface area contributed by atoms with Crippen molar-refractivity contribution >= 4 is 16.6 Å². The Hall–Kier alpha value is -2.82. The minimum absolute atomic E-state index is 0.319. The molecular formula is C21H23N3O2. The van der Waals surface area contributed by atoms with E-state index in [4.69, 9.17) is 9.15 Å². The van der Waals surface area contributed by atoms with Gasteiger partial charge in [0.2, 0.25) is 5.88 Å². The van der Waals surface area contributed by atoms with Crippen LogP contribution in [0.1, 0.15) is 33.6 Å². The van der Waals surface area contributed by atoms with E-state index >= 15 is 0 Å². The minimum atomic E-state index is 0.319. The van der Waals surface area contributed by atoms with E-state index in [1.54, 1.807) is 10.7 Å². The van der Waals surface area contributed by atoms with Gasteiger partial charge in [-0.05, 0) is 36.5 Å². The number of rotatable bonds is 5. The predicted molar refractivity (Wildman–Crippen MR) is 102 cm³/mol. The summed E-state index contributed by atoms with van der Waals surface area (Å²) in [7, 11) is 0. The van der Waals surface area contributed by atoms with Crippen LogP contribution in [0.4, 0.5) is 0 Å². The zero-order valence-electron chi connectivity index (χ0n) is 15.4. The van der Waals surface area contributed by atoms with E-state index < -0.39 is 0 Å². The average molecular weight is 349 g/mol. The van der Waals surface area contributed by atoms with E-state index in [9.17, 15) is 0 Å². The van der Waals surface area contributed by atoms with Crippen molar-refractivity contribution in [2.45, 2.75) is 33.6 Å². The number of para-hydroxylation sites is 1. The second-order valence-electron chi connectivity index (χ2n) is 7.75. The normalized spacial score (nSPS) is 12.1. The maximum atomic E-state index is 5.95. The van der Waals surface area contributed by atoms with E-state index in [-0.39, 0.29) is 0 Å². The molecule has 0 amide bonds. The molecule has 0 saturated carbocycles. The van der Waals surface area contributed by atoms with Gasteiger partial charge in [0.15, 0.2) is 11.4 Å². The highest BCUT2D eigenvalue weighted by atomic mass is 16.5. The Labute approximate surface area is 152 Å². The lowest BCUT2D eigenvalue weighted by atomic mass is 9.91. The van der Waals surface area contributed by atoms with Crippen LogP contribution in [-0.2, 0) is 0 Å². The number of benzene rings is 1. The first-order chi connectivity index (χ1) is 12.5. The number of hydrogen-bond acceptors (Lipinski definition) is 4. The smallest absolute Gasteiger partial charge is 0.231 e. The van der Waals surface area contributed by atoms with E-state index in [2.05, 4.69) is 30.9 Å². The van der Waals surface area contributed by atoms with Crippen molar-refractivity contribution < 1.29 is 9.15 Å². The summed E-state index contributed by atoms with van der Waals surface area (Å²) in [4.78, 5) is 4.42. The largest absolute Gasteiger partial charge is 0.477 e.